The lowest BCUT2D eigenvalue weighted by atomic mass is 9.56. The van der Waals surface area contributed by atoms with Gasteiger partial charge in [-0.3, -0.25) is 15.0 Å². The minimum Gasteiger partial charge on any atom is -0.507 e. The van der Waals surface area contributed by atoms with E-state index in [0.717, 1.165) is 5.01 Å². The van der Waals surface area contributed by atoms with Gasteiger partial charge in [0.05, 0.1) is 21.9 Å². The minimum atomic E-state index is -4.69. The van der Waals surface area contributed by atoms with Crippen LogP contribution < -0.4 is 5.43 Å². The number of pyridine rings is 1. The van der Waals surface area contributed by atoms with Crippen molar-refractivity contribution in [2.24, 2.45) is 5.92 Å². The largest absolute Gasteiger partial charge is 0.507 e. The van der Waals surface area contributed by atoms with E-state index in [9.17, 15) is 27.9 Å². The number of rotatable bonds is 7. The third-order valence-corrected chi connectivity index (χ3v) is 8.31. The number of phenolic OH excluding ortho intramolecular Hbond substituents is 1. The van der Waals surface area contributed by atoms with Crippen molar-refractivity contribution in [2.75, 3.05) is 5.43 Å². The molecule has 2 heterocycles. The van der Waals surface area contributed by atoms with Gasteiger partial charge in [0, 0.05) is 22.7 Å². The summed E-state index contributed by atoms with van der Waals surface area (Å²) in [5.41, 5.74) is 1.93. The number of aromatic hydroxyl groups is 1. The van der Waals surface area contributed by atoms with Gasteiger partial charge in [-0.15, -0.1) is 6.58 Å². The maximum atomic E-state index is 14.7. The Hall–Kier alpha value is -4.08. The third kappa shape index (κ3) is 4.66. The van der Waals surface area contributed by atoms with E-state index in [4.69, 9.17) is 23.2 Å². The first-order valence-corrected chi connectivity index (χ1v) is 13.6. The molecular formula is C31H24Cl2F3N3O3. The number of nitrogens with one attached hydrogen (secondary N) is 1. The Morgan fingerprint density at radius 1 is 1.14 bits per heavy atom. The molecule has 2 N–H and O–H groups in total. The monoisotopic (exact) mass is 613 g/mol. The number of nitrogens with zero attached hydrogens (tertiary/aromatic N) is 2. The van der Waals surface area contributed by atoms with Gasteiger partial charge in [-0.1, -0.05) is 78.3 Å². The Balaban J connectivity index is 1.71. The summed E-state index contributed by atoms with van der Waals surface area (Å²) < 4.78 is 39.6. The zero-order valence-electron chi connectivity index (χ0n) is 22.0. The molecule has 2 aliphatic rings. The first-order valence-electron chi connectivity index (χ1n) is 12.8. The number of benzene rings is 2. The number of halogens is 5. The molecule has 216 valence electrons. The number of imide groups is 1. The Morgan fingerprint density at radius 3 is 2.48 bits per heavy atom. The number of para-hydroxylation sites is 1. The zero-order valence-corrected chi connectivity index (χ0v) is 23.5. The predicted molar refractivity (Wildman–Crippen MR) is 154 cm³/mol. The summed E-state index contributed by atoms with van der Waals surface area (Å²) in [7, 11) is 0. The van der Waals surface area contributed by atoms with Crippen molar-refractivity contribution in [2.45, 2.75) is 30.4 Å². The van der Waals surface area contributed by atoms with Crippen LogP contribution in [0.3, 0.4) is 0 Å². The first-order chi connectivity index (χ1) is 19.9. The number of hydrogen-bond acceptors (Lipinski definition) is 5. The first kappa shape index (κ1) is 29.4. The number of fused-ring (bicyclic) bond motifs is 1. The molecule has 6 nitrogen and oxygen atoms in total. The van der Waals surface area contributed by atoms with Crippen LogP contribution in [0.15, 0.2) is 91.7 Å². The minimum absolute atomic E-state index is 0.0525. The van der Waals surface area contributed by atoms with Crippen molar-refractivity contribution in [1.82, 2.24) is 9.99 Å². The van der Waals surface area contributed by atoms with Crippen molar-refractivity contribution in [3.05, 3.63) is 124 Å². The molecule has 2 amide bonds. The fraction of sp³-hybridized carbons (Fsp3) is 0.194. The number of alkyl halides is 3. The second kappa shape index (κ2) is 11.0. The number of amides is 2. The van der Waals surface area contributed by atoms with Crippen molar-refractivity contribution in [3.8, 4) is 5.75 Å². The molecule has 1 aliphatic carbocycles. The van der Waals surface area contributed by atoms with Gasteiger partial charge >= 0.3 is 6.18 Å². The summed E-state index contributed by atoms with van der Waals surface area (Å²) >= 11 is 12.3. The molecule has 1 aromatic heterocycles. The predicted octanol–water partition coefficient (Wildman–Crippen LogP) is 7.39. The molecule has 1 saturated heterocycles. The maximum absolute atomic E-state index is 14.7. The number of phenols is 1. The Kier molecular flexibility index (Phi) is 7.68. The molecule has 42 heavy (non-hydrogen) atoms. The Morgan fingerprint density at radius 2 is 1.86 bits per heavy atom. The number of carbonyl (C=O) groups is 2. The lowest BCUT2D eigenvalue weighted by molar-refractivity contribution is -0.139. The molecule has 0 spiro atoms. The molecule has 2 aromatic carbocycles. The average molecular weight is 614 g/mol. The van der Waals surface area contributed by atoms with Crippen molar-refractivity contribution < 1.29 is 27.9 Å². The molecule has 0 saturated carbocycles. The van der Waals surface area contributed by atoms with E-state index < -0.39 is 45.8 Å². The number of aromatic nitrogens is 1. The standard InChI is InChI=1S/C31H24Cl2F3N3O3/c1-3-6-18-7-5-8-22(26(18)40)25-17(4-2)9-14-23-28(41)39(29(42)30(23,25)19-10-12-21(32)13-11-19)38-27-24(33)15-20(16-37-27)31(34,35)36/h3-5,7-13,15-16,23,25,40H,1-2,6,14H2,(H,37,38). The van der Waals surface area contributed by atoms with E-state index in [1.165, 1.54) is 0 Å². The molecule has 5 rings (SSSR count). The average Bonchev–Trinajstić information content (AvgIpc) is 3.17. The van der Waals surface area contributed by atoms with Gasteiger partial charge in [0.15, 0.2) is 5.82 Å². The van der Waals surface area contributed by atoms with Gasteiger partial charge in [-0.25, -0.2) is 4.98 Å². The van der Waals surface area contributed by atoms with Crippen LogP contribution in [-0.4, -0.2) is 26.9 Å². The highest BCUT2D eigenvalue weighted by molar-refractivity contribution is 6.33. The highest BCUT2D eigenvalue weighted by Crippen LogP contribution is 2.59. The van der Waals surface area contributed by atoms with Crippen LogP contribution in [0.4, 0.5) is 19.0 Å². The normalized spacial score (nSPS) is 22.0. The lowest BCUT2D eigenvalue weighted by Gasteiger charge is -2.43. The highest BCUT2D eigenvalue weighted by Gasteiger charge is 2.66. The van der Waals surface area contributed by atoms with Crippen molar-refractivity contribution in [3.63, 3.8) is 0 Å². The van der Waals surface area contributed by atoms with E-state index in [0.29, 0.717) is 46.0 Å². The Labute approximate surface area is 249 Å². The number of hydrazine groups is 1. The molecular weight excluding hydrogens is 590 g/mol. The fourth-order valence-electron chi connectivity index (χ4n) is 5.93. The van der Waals surface area contributed by atoms with Crippen LogP contribution in [0.5, 0.6) is 5.75 Å². The van der Waals surface area contributed by atoms with Crippen LogP contribution in [0.25, 0.3) is 0 Å². The second-order valence-electron chi connectivity index (χ2n) is 10.00. The quantitative estimate of drug-likeness (QED) is 0.214. The molecule has 3 aromatic rings. The molecule has 3 unspecified atom stereocenters. The van der Waals surface area contributed by atoms with Crippen LogP contribution in [0.2, 0.25) is 10.0 Å². The number of allylic oxidation sites excluding steroid dienone is 4. The van der Waals surface area contributed by atoms with Crippen LogP contribution >= 0.6 is 23.2 Å². The van der Waals surface area contributed by atoms with Crippen molar-refractivity contribution in [1.29, 1.82) is 0 Å². The Bertz CT molecular complexity index is 1640. The molecule has 0 bridgehead atoms. The van der Waals surface area contributed by atoms with Gasteiger partial charge in [0.25, 0.3) is 11.8 Å². The summed E-state index contributed by atoms with van der Waals surface area (Å²) in [5.74, 6) is -3.55. The number of carbonyl (C=O) groups excluding carboxylic acids is 2. The highest BCUT2D eigenvalue weighted by atomic mass is 35.5. The van der Waals surface area contributed by atoms with Crippen LogP contribution in [0, 0.1) is 5.92 Å². The second-order valence-corrected chi connectivity index (χ2v) is 10.8. The molecule has 1 aliphatic heterocycles. The number of hydrogen-bond donors (Lipinski definition) is 2. The fourth-order valence-corrected chi connectivity index (χ4v) is 6.26. The maximum Gasteiger partial charge on any atom is 0.417 e. The number of anilines is 1. The van der Waals surface area contributed by atoms with Crippen LogP contribution in [0.1, 0.15) is 34.6 Å². The van der Waals surface area contributed by atoms with E-state index in [1.807, 2.05) is 0 Å². The van der Waals surface area contributed by atoms with E-state index in [1.54, 1.807) is 60.7 Å². The SMILES string of the molecule is C=CCc1cccc(C2C(C=C)=CCC3C(=O)N(Nc4ncc(C(F)(F)F)cc4Cl)C(=O)C32c2ccc(Cl)cc2)c1O. The van der Waals surface area contributed by atoms with Gasteiger partial charge in [-0.2, -0.15) is 18.2 Å². The van der Waals surface area contributed by atoms with Gasteiger partial charge in [-0.05, 0) is 47.7 Å². The summed E-state index contributed by atoms with van der Waals surface area (Å²) in [6.07, 6.45) is 1.39. The summed E-state index contributed by atoms with van der Waals surface area (Å²) in [4.78, 5) is 32.4. The molecule has 0 radical (unpaired) electrons. The van der Waals surface area contributed by atoms with Gasteiger partial charge in [0.1, 0.15) is 5.75 Å². The lowest BCUT2D eigenvalue weighted by Crippen LogP contribution is -2.48. The molecule has 11 heteroatoms. The van der Waals surface area contributed by atoms with Gasteiger partial charge < -0.3 is 5.11 Å². The summed E-state index contributed by atoms with van der Waals surface area (Å²) in [6.45, 7) is 7.69. The van der Waals surface area contributed by atoms with E-state index in [2.05, 4.69) is 23.6 Å². The third-order valence-electron chi connectivity index (χ3n) is 7.77. The molecule has 3 atom stereocenters. The summed E-state index contributed by atoms with van der Waals surface area (Å²) in [5, 5.41) is 12.1. The topological polar surface area (TPSA) is 82.5 Å². The molecule has 1 fully saturated rings. The van der Waals surface area contributed by atoms with E-state index >= 15 is 0 Å². The summed E-state index contributed by atoms with van der Waals surface area (Å²) in [6, 6.07) is 12.3. The van der Waals surface area contributed by atoms with Crippen molar-refractivity contribution >= 4 is 40.8 Å². The smallest absolute Gasteiger partial charge is 0.417 e. The zero-order chi connectivity index (χ0) is 30.4. The van der Waals surface area contributed by atoms with Crippen LogP contribution in [-0.2, 0) is 27.6 Å². The van der Waals surface area contributed by atoms with E-state index in [-0.39, 0.29) is 18.0 Å². The van der Waals surface area contributed by atoms with Gasteiger partial charge in [0.2, 0.25) is 0 Å².